The zero-order valence-corrected chi connectivity index (χ0v) is 12.4. The predicted octanol–water partition coefficient (Wildman–Crippen LogP) is -0.112. The Morgan fingerprint density at radius 1 is 1.26 bits per heavy atom. The molecule has 0 saturated carbocycles. The van der Waals surface area contributed by atoms with Gasteiger partial charge in [0.1, 0.15) is 0 Å². The molecular weight excluding hydrogens is 248 g/mol. The molecule has 0 spiro atoms. The first-order valence-electron chi connectivity index (χ1n) is 6.74. The molecule has 0 aromatic heterocycles. The highest BCUT2D eigenvalue weighted by Gasteiger charge is 2.19. The minimum atomic E-state index is -0.667. The molecule has 1 amide bonds. The molecule has 0 heterocycles. The van der Waals surface area contributed by atoms with E-state index in [4.69, 9.17) is 15.2 Å². The lowest BCUT2D eigenvalue weighted by atomic mass is 10.0. The van der Waals surface area contributed by atoms with Crippen molar-refractivity contribution in [3.8, 4) is 0 Å². The van der Waals surface area contributed by atoms with Gasteiger partial charge in [0.2, 0.25) is 5.91 Å². The van der Waals surface area contributed by atoms with Gasteiger partial charge in [-0.05, 0) is 19.8 Å². The summed E-state index contributed by atoms with van der Waals surface area (Å²) in [5.74, 6) is -0.321. The molecule has 0 aromatic rings. The van der Waals surface area contributed by atoms with Crippen molar-refractivity contribution < 1.29 is 19.4 Å². The Morgan fingerprint density at radius 2 is 1.89 bits per heavy atom. The largest absolute Gasteiger partial charge is 0.389 e. The highest BCUT2D eigenvalue weighted by atomic mass is 16.5. The van der Waals surface area contributed by atoms with Gasteiger partial charge in [0.15, 0.2) is 0 Å². The van der Waals surface area contributed by atoms with Crippen molar-refractivity contribution in [3.63, 3.8) is 0 Å². The lowest BCUT2D eigenvalue weighted by Gasteiger charge is -2.21. The fourth-order valence-corrected chi connectivity index (χ4v) is 1.55. The van der Waals surface area contributed by atoms with Crippen LogP contribution in [-0.2, 0) is 14.3 Å². The van der Waals surface area contributed by atoms with Gasteiger partial charge < -0.3 is 25.6 Å². The number of carbonyl (C=O) groups is 1. The number of rotatable bonds is 11. The molecular formula is C13H28N2O4. The number of aliphatic hydroxyl groups excluding tert-OH is 1. The Labute approximate surface area is 115 Å². The molecule has 0 aliphatic carbocycles. The number of aliphatic hydroxyl groups is 1. The van der Waals surface area contributed by atoms with Crippen LogP contribution in [0.2, 0.25) is 0 Å². The second kappa shape index (κ2) is 10.1. The van der Waals surface area contributed by atoms with Gasteiger partial charge in [-0.3, -0.25) is 4.79 Å². The maximum Gasteiger partial charge on any atom is 0.234 e. The van der Waals surface area contributed by atoms with Gasteiger partial charge in [-0.25, -0.2) is 0 Å². The number of hydrogen-bond donors (Lipinski definition) is 3. The van der Waals surface area contributed by atoms with Crippen LogP contribution >= 0.6 is 0 Å². The number of nitrogens with one attached hydrogen (secondary N) is 1. The molecule has 0 saturated heterocycles. The minimum Gasteiger partial charge on any atom is -0.389 e. The molecule has 0 radical (unpaired) electrons. The number of nitrogens with two attached hydrogens (primary N) is 1. The summed E-state index contributed by atoms with van der Waals surface area (Å²) in [6, 6.07) is -0.432. The van der Waals surface area contributed by atoms with Crippen molar-refractivity contribution in [2.24, 2.45) is 11.7 Å². The fraction of sp³-hybridized carbons (Fsp3) is 0.923. The molecule has 0 rings (SSSR count). The molecule has 0 aromatic carbocycles. The number of carbonyl (C=O) groups excluding carboxylic acids is 1. The molecule has 0 fully saturated rings. The summed E-state index contributed by atoms with van der Waals surface area (Å²) < 4.78 is 10.6. The van der Waals surface area contributed by atoms with Crippen LogP contribution in [0.1, 0.15) is 27.7 Å². The second-order valence-electron chi connectivity index (χ2n) is 5.18. The highest BCUT2D eigenvalue weighted by Crippen LogP contribution is 2.00. The summed E-state index contributed by atoms with van der Waals surface area (Å²) in [6.07, 6.45) is -0.489. The van der Waals surface area contributed by atoms with Crippen LogP contribution in [0.3, 0.4) is 0 Å². The summed E-state index contributed by atoms with van der Waals surface area (Å²) in [7, 11) is 0. The van der Waals surface area contributed by atoms with Gasteiger partial charge in [0, 0.05) is 6.54 Å². The Kier molecular flexibility index (Phi) is 9.77. The van der Waals surface area contributed by atoms with Gasteiger partial charge >= 0.3 is 0 Å². The van der Waals surface area contributed by atoms with Gasteiger partial charge in [-0.2, -0.15) is 0 Å². The Hall–Kier alpha value is -0.690. The molecule has 0 aliphatic rings. The molecule has 2 unspecified atom stereocenters. The van der Waals surface area contributed by atoms with Crippen LogP contribution in [0, 0.1) is 5.92 Å². The Bertz CT molecular complexity index is 247. The van der Waals surface area contributed by atoms with Crippen molar-refractivity contribution in [1.82, 2.24) is 5.32 Å². The average Bonchev–Trinajstić information content (AvgIpc) is 2.27. The van der Waals surface area contributed by atoms with Gasteiger partial charge in [-0.15, -0.1) is 0 Å². The fourth-order valence-electron chi connectivity index (χ4n) is 1.55. The van der Waals surface area contributed by atoms with E-state index in [1.807, 2.05) is 27.7 Å². The Morgan fingerprint density at radius 3 is 2.37 bits per heavy atom. The van der Waals surface area contributed by atoms with Crippen molar-refractivity contribution >= 4 is 5.91 Å². The van der Waals surface area contributed by atoms with Crippen molar-refractivity contribution in [1.29, 1.82) is 0 Å². The highest BCUT2D eigenvalue weighted by molar-refractivity contribution is 5.80. The summed E-state index contributed by atoms with van der Waals surface area (Å²) >= 11 is 0. The van der Waals surface area contributed by atoms with Crippen LogP contribution in [0.4, 0.5) is 0 Å². The summed E-state index contributed by atoms with van der Waals surface area (Å²) in [5.41, 5.74) is 5.26. The maximum absolute atomic E-state index is 11.1. The molecule has 114 valence electrons. The zero-order chi connectivity index (χ0) is 14.8. The third kappa shape index (κ3) is 9.84. The quantitative estimate of drug-likeness (QED) is 0.458. The molecule has 0 bridgehead atoms. The van der Waals surface area contributed by atoms with Crippen LogP contribution in [0.25, 0.3) is 0 Å². The van der Waals surface area contributed by atoms with Crippen LogP contribution in [-0.4, -0.2) is 55.6 Å². The van der Waals surface area contributed by atoms with Gasteiger partial charge in [0.05, 0.1) is 38.1 Å². The average molecular weight is 276 g/mol. The van der Waals surface area contributed by atoms with E-state index in [0.29, 0.717) is 13.2 Å². The standard InChI is InChI=1S/C13H28N2O4/c1-9(2)12(13(14)17)15-7-11(16)8-18-5-6-19-10(3)4/h9-12,15-16H,5-8H2,1-4H3,(H2,14,17). The van der Waals surface area contributed by atoms with Crippen molar-refractivity contribution in [3.05, 3.63) is 0 Å². The minimum absolute atomic E-state index is 0.0880. The normalized spacial score (nSPS) is 14.9. The molecule has 6 nitrogen and oxygen atoms in total. The van der Waals surface area contributed by atoms with Crippen LogP contribution in [0.15, 0.2) is 0 Å². The van der Waals surface area contributed by atoms with E-state index in [1.165, 1.54) is 0 Å². The number of amides is 1. The zero-order valence-electron chi connectivity index (χ0n) is 12.4. The second-order valence-corrected chi connectivity index (χ2v) is 5.18. The number of primary amides is 1. The molecule has 19 heavy (non-hydrogen) atoms. The van der Waals surface area contributed by atoms with E-state index < -0.39 is 18.1 Å². The van der Waals surface area contributed by atoms with E-state index in [1.54, 1.807) is 0 Å². The predicted molar refractivity (Wildman–Crippen MR) is 73.7 cm³/mol. The first kappa shape index (κ1) is 18.3. The van der Waals surface area contributed by atoms with Gasteiger partial charge in [0.25, 0.3) is 0 Å². The summed E-state index contributed by atoms with van der Waals surface area (Å²) in [5, 5.41) is 12.6. The first-order valence-corrected chi connectivity index (χ1v) is 6.74. The SMILES string of the molecule is CC(C)OCCOCC(O)CNC(C(N)=O)C(C)C. The monoisotopic (exact) mass is 276 g/mol. The van der Waals surface area contributed by atoms with Crippen molar-refractivity contribution in [2.45, 2.75) is 45.9 Å². The van der Waals surface area contributed by atoms with Gasteiger partial charge in [-0.1, -0.05) is 13.8 Å². The van der Waals surface area contributed by atoms with Crippen LogP contribution < -0.4 is 11.1 Å². The summed E-state index contributed by atoms with van der Waals surface area (Å²) in [6.45, 7) is 9.13. The number of hydrogen-bond acceptors (Lipinski definition) is 5. The van der Waals surface area contributed by atoms with E-state index in [9.17, 15) is 9.90 Å². The molecule has 2 atom stereocenters. The lowest BCUT2D eigenvalue weighted by molar-refractivity contribution is -0.121. The molecule has 0 aliphatic heterocycles. The lowest BCUT2D eigenvalue weighted by Crippen LogP contribution is -2.48. The first-order chi connectivity index (χ1) is 8.84. The van der Waals surface area contributed by atoms with E-state index in [2.05, 4.69) is 5.32 Å². The summed E-state index contributed by atoms with van der Waals surface area (Å²) in [4.78, 5) is 11.1. The topological polar surface area (TPSA) is 93.8 Å². The Balaban J connectivity index is 3.68. The molecule has 6 heteroatoms. The van der Waals surface area contributed by atoms with Crippen molar-refractivity contribution in [2.75, 3.05) is 26.4 Å². The maximum atomic E-state index is 11.1. The third-order valence-corrected chi connectivity index (χ3v) is 2.54. The third-order valence-electron chi connectivity index (χ3n) is 2.54. The number of ether oxygens (including phenoxy) is 2. The van der Waals surface area contributed by atoms with Crippen LogP contribution in [0.5, 0.6) is 0 Å². The van der Waals surface area contributed by atoms with E-state index >= 15 is 0 Å². The smallest absolute Gasteiger partial charge is 0.234 e. The van der Waals surface area contributed by atoms with E-state index in [-0.39, 0.29) is 25.2 Å². The molecule has 4 N–H and O–H groups in total. The van der Waals surface area contributed by atoms with E-state index in [0.717, 1.165) is 0 Å².